The third kappa shape index (κ3) is 3.21. The molecule has 0 radical (unpaired) electrons. The summed E-state index contributed by atoms with van der Waals surface area (Å²) in [5.41, 5.74) is 3.08. The van der Waals surface area contributed by atoms with Crippen LogP contribution in [-0.4, -0.2) is 4.98 Å². The molecule has 0 unspecified atom stereocenters. The monoisotopic (exact) mass is 247 g/mol. The first-order chi connectivity index (χ1) is 8.17. The van der Waals surface area contributed by atoms with E-state index in [1.807, 2.05) is 50.2 Å². The Morgan fingerprint density at radius 3 is 2.71 bits per heavy atom. The Balaban J connectivity index is 2.26. The van der Waals surface area contributed by atoms with Gasteiger partial charge in [-0.1, -0.05) is 12.1 Å². The second-order valence-electron chi connectivity index (χ2n) is 4.01. The van der Waals surface area contributed by atoms with E-state index in [1.54, 1.807) is 0 Å². The number of hydrogen-bond donors (Lipinski definition) is 0. The van der Waals surface area contributed by atoms with E-state index < -0.39 is 0 Å². The van der Waals surface area contributed by atoms with E-state index in [-0.39, 0.29) is 0 Å². The number of hydrogen-bond acceptors (Lipinski definition) is 2. The molecule has 3 heteroatoms. The molecular weight excluding hydrogens is 234 g/mol. The van der Waals surface area contributed by atoms with Gasteiger partial charge in [0, 0.05) is 17.6 Å². The zero-order valence-electron chi connectivity index (χ0n) is 9.90. The second kappa shape index (κ2) is 5.19. The van der Waals surface area contributed by atoms with Gasteiger partial charge in [-0.15, -0.1) is 11.6 Å². The van der Waals surface area contributed by atoms with E-state index in [0.29, 0.717) is 11.8 Å². The molecule has 88 valence electrons. The molecule has 0 atom stereocenters. The van der Waals surface area contributed by atoms with E-state index in [2.05, 4.69) is 4.98 Å². The Labute approximate surface area is 106 Å². The minimum absolute atomic E-state index is 0.466. The van der Waals surface area contributed by atoms with Gasteiger partial charge in [-0.3, -0.25) is 0 Å². The molecular formula is C14H14ClNO. The Bertz CT molecular complexity index is 525. The van der Waals surface area contributed by atoms with Crippen LogP contribution in [-0.2, 0) is 5.88 Å². The van der Waals surface area contributed by atoms with E-state index in [9.17, 15) is 0 Å². The standard InChI is InChI=1S/C14H14ClNO/c1-10-4-3-5-13(6-10)17-14-8-12(9-15)7-11(2)16-14/h3-8H,9H2,1-2H3. The molecule has 0 fully saturated rings. The Morgan fingerprint density at radius 2 is 2.00 bits per heavy atom. The van der Waals surface area contributed by atoms with Crippen LogP contribution in [0.4, 0.5) is 0 Å². The van der Waals surface area contributed by atoms with Crippen molar-refractivity contribution in [1.29, 1.82) is 0 Å². The first-order valence-electron chi connectivity index (χ1n) is 5.45. The largest absolute Gasteiger partial charge is 0.439 e. The molecule has 0 aliphatic heterocycles. The minimum Gasteiger partial charge on any atom is -0.439 e. The summed E-state index contributed by atoms with van der Waals surface area (Å²) in [4.78, 5) is 4.33. The third-order valence-corrected chi connectivity index (χ3v) is 2.66. The van der Waals surface area contributed by atoms with Crippen LogP contribution in [0.25, 0.3) is 0 Å². The topological polar surface area (TPSA) is 22.1 Å². The minimum atomic E-state index is 0.466. The van der Waals surface area contributed by atoms with Gasteiger partial charge in [0.15, 0.2) is 0 Å². The maximum Gasteiger partial charge on any atom is 0.219 e. The fraction of sp³-hybridized carbons (Fsp3) is 0.214. The lowest BCUT2D eigenvalue weighted by atomic mass is 10.2. The quantitative estimate of drug-likeness (QED) is 0.758. The first kappa shape index (κ1) is 11.9. The fourth-order valence-corrected chi connectivity index (χ4v) is 1.79. The number of ether oxygens (including phenoxy) is 1. The summed E-state index contributed by atoms with van der Waals surface area (Å²) >= 11 is 5.82. The first-order valence-corrected chi connectivity index (χ1v) is 5.99. The van der Waals surface area contributed by atoms with E-state index in [1.165, 1.54) is 0 Å². The molecule has 0 bridgehead atoms. The van der Waals surface area contributed by atoms with Crippen molar-refractivity contribution in [2.24, 2.45) is 0 Å². The van der Waals surface area contributed by atoms with Gasteiger partial charge in [0.25, 0.3) is 0 Å². The summed E-state index contributed by atoms with van der Waals surface area (Å²) in [5.74, 6) is 1.85. The van der Waals surface area contributed by atoms with Gasteiger partial charge >= 0.3 is 0 Å². The molecule has 0 saturated heterocycles. The van der Waals surface area contributed by atoms with Crippen molar-refractivity contribution >= 4 is 11.6 Å². The van der Waals surface area contributed by atoms with Crippen molar-refractivity contribution in [3.8, 4) is 11.6 Å². The molecule has 0 aliphatic carbocycles. The molecule has 0 spiro atoms. The van der Waals surface area contributed by atoms with Gasteiger partial charge in [0.1, 0.15) is 5.75 Å². The lowest BCUT2D eigenvalue weighted by Gasteiger charge is -2.07. The van der Waals surface area contributed by atoms with Crippen LogP contribution in [0, 0.1) is 13.8 Å². The summed E-state index contributed by atoms with van der Waals surface area (Å²) in [6, 6.07) is 11.7. The van der Waals surface area contributed by atoms with Crippen LogP contribution >= 0.6 is 11.6 Å². The Morgan fingerprint density at radius 1 is 1.18 bits per heavy atom. The Kier molecular flexibility index (Phi) is 3.64. The van der Waals surface area contributed by atoms with Crippen LogP contribution < -0.4 is 4.74 Å². The number of pyridine rings is 1. The lowest BCUT2D eigenvalue weighted by molar-refractivity contribution is 0.461. The number of rotatable bonds is 3. The van der Waals surface area contributed by atoms with Gasteiger partial charge in [-0.25, -0.2) is 4.98 Å². The number of aromatic nitrogens is 1. The molecule has 0 N–H and O–H groups in total. The predicted molar refractivity (Wildman–Crippen MR) is 69.8 cm³/mol. The van der Waals surface area contributed by atoms with Crippen LogP contribution in [0.5, 0.6) is 11.6 Å². The Hall–Kier alpha value is -1.54. The molecule has 2 rings (SSSR count). The average Bonchev–Trinajstić information content (AvgIpc) is 2.28. The molecule has 1 heterocycles. The molecule has 0 amide bonds. The number of aryl methyl sites for hydroxylation is 2. The highest BCUT2D eigenvalue weighted by atomic mass is 35.5. The highest BCUT2D eigenvalue weighted by Crippen LogP contribution is 2.22. The summed E-state index contributed by atoms with van der Waals surface area (Å²) < 4.78 is 5.71. The second-order valence-corrected chi connectivity index (χ2v) is 4.27. The molecule has 0 saturated carbocycles. The van der Waals surface area contributed by atoms with Crippen LogP contribution in [0.3, 0.4) is 0 Å². The third-order valence-electron chi connectivity index (χ3n) is 2.36. The summed E-state index contributed by atoms with van der Waals surface area (Å²) in [5, 5.41) is 0. The maximum atomic E-state index is 5.82. The normalized spacial score (nSPS) is 10.3. The number of halogens is 1. The molecule has 1 aromatic carbocycles. The zero-order chi connectivity index (χ0) is 12.3. The number of benzene rings is 1. The molecule has 0 aliphatic rings. The van der Waals surface area contributed by atoms with Crippen LogP contribution in [0.2, 0.25) is 0 Å². The molecule has 2 aromatic rings. The summed E-state index contributed by atoms with van der Waals surface area (Å²) in [6.07, 6.45) is 0. The van der Waals surface area contributed by atoms with Gasteiger partial charge in [0.05, 0.1) is 0 Å². The van der Waals surface area contributed by atoms with Crippen molar-refractivity contribution in [2.75, 3.05) is 0 Å². The fourth-order valence-electron chi connectivity index (χ4n) is 1.64. The molecule has 1 aromatic heterocycles. The number of nitrogens with zero attached hydrogens (tertiary/aromatic N) is 1. The average molecular weight is 248 g/mol. The van der Waals surface area contributed by atoms with Gasteiger partial charge < -0.3 is 4.74 Å². The smallest absolute Gasteiger partial charge is 0.219 e. The lowest BCUT2D eigenvalue weighted by Crippen LogP contribution is -1.92. The van der Waals surface area contributed by atoms with Crippen molar-refractivity contribution in [1.82, 2.24) is 4.98 Å². The number of alkyl halides is 1. The molecule has 2 nitrogen and oxygen atoms in total. The SMILES string of the molecule is Cc1cccc(Oc2cc(CCl)cc(C)n2)c1. The van der Waals surface area contributed by atoms with E-state index >= 15 is 0 Å². The summed E-state index contributed by atoms with van der Waals surface area (Å²) in [6.45, 7) is 3.96. The van der Waals surface area contributed by atoms with Crippen LogP contribution in [0.1, 0.15) is 16.8 Å². The van der Waals surface area contributed by atoms with Crippen molar-refractivity contribution in [3.05, 3.63) is 53.2 Å². The van der Waals surface area contributed by atoms with Gasteiger partial charge in [-0.05, 0) is 43.2 Å². The highest BCUT2D eigenvalue weighted by molar-refractivity contribution is 6.17. The van der Waals surface area contributed by atoms with Gasteiger partial charge in [-0.2, -0.15) is 0 Å². The predicted octanol–water partition coefficient (Wildman–Crippen LogP) is 4.23. The molecule has 17 heavy (non-hydrogen) atoms. The van der Waals surface area contributed by atoms with Crippen molar-refractivity contribution < 1.29 is 4.74 Å². The van der Waals surface area contributed by atoms with E-state index in [0.717, 1.165) is 22.6 Å². The van der Waals surface area contributed by atoms with Crippen molar-refractivity contribution in [3.63, 3.8) is 0 Å². The van der Waals surface area contributed by atoms with Gasteiger partial charge in [0.2, 0.25) is 5.88 Å². The van der Waals surface area contributed by atoms with E-state index in [4.69, 9.17) is 16.3 Å². The zero-order valence-corrected chi connectivity index (χ0v) is 10.7. The van der Waals surface area contributed by atoms with Crippen LogP contribution in [0.15, 0.2) is 36.4 Å². The van der Waals surface area contributed by atoms with Crippen molar-refractivity contribution in [2.45, 2.75) is 19.7 Å². The summed E-state index contributed by atoms with van der Waals surface area (Å²) in [7, 11) is 0. The maximum absolute atomic E-state index is 5.82. The highest BCUT2D eigenvalue weighted by Gasteiger charge is 2.02.